The van der Waals surface area contributed by atoms with E-state index in [9.17, 15) is 9.59 Å². The fourth-order valence-electron chi connectivity index (χ4n) is 1.05. The second-order valence-corrected chi connectivity index (χ2v) is 2.95. The van der Waals surface area contributed by atoms with E-state index in [0.717, 1.165) is 0 Å². The number of carbonyl (C=O) groups excluding carboxylic acids is 2. The van der Waals surface area contributed by atoms with Crippen LogP contribution in [0, 0.1) is 0 Å². The summed E-state index contributed by atoms with van der Waals surface area (Å²) in [4.78, 5) is 21.9. The zero-order chi connectivity index (χ0) is 9.19. The van der Waals surface area contributed by atoms with Crippen molar-refractivity contribution in [2.75, 3.05) is 20.2 Å². The molecule has 1 atom stereocenters. The molecule has 0 aromatic carbocycles. The number of esters is 1. The lowest BCUT2D eigenvalue weighted by Crippen LogP contribution is -2.64. The fraction of sp³-hybridized carbons (Fsp3) is 0.714. The van der Waals surface area contributed by atoms with E-state index in [-0.39, 0.29) is 25.0 Å². The van der Waals surface area contributed by atoms with Gasteiger partial charge in [0.15, 0.2) is 0 Å². The van der Waals surface area contributed by atoms with Gasteiger partial charge >= 0.3 is 5.97 Å². The zero-order valence-corrected chi connectivity index (χ0v) is 7.14. The molecule has 1 unspecified atom stereocenters. The summed E-state index contributed by atoms with van der Waals surface area (Å²) < 4.78 is 4.58. The van der Waals surface area contributed by atoms with Crippen LogP contribution >= 0.6 is 0 Å². The van der Waals surface area contributed by atoms with Crippen molar-refractivity contribution in [1.29, 1.82) is 0 Å². The number of piperazine rings is 1. The number of nitrogens with one attached hydrogen (secondary N) is 2. The quantitative estimate of drug-likeness (QED) is 0.479. The van der Waals surface area contributed by atoms with E-state index >= 15 is 0 Å². The van der Waals surface area contributed by atoms with Gasteiger partial charge in [-0.1, -0.05) is 0 Å². The van der Waals surface area contributed by atoms with Crippen molar-refractivity contribution in [2.45, 2.75) is 12.5 Å². The smallest absolute Gasteiger partial charge is 0.327 e. The number of hydrogen-bond acceptors (Lipinski definition) is 4. The Bertz CT molecular complexity index is 205. The first-order chi connectivity index (χ1) is 5.58. The maximum atomic E-state index is 11.2. The van der Waals surface area contributed by atoms with E-state index in [0.29, 0.717) is 0 Å². The van der Waals surface area contributed by atoms with Crippen LogP contribution in [0.25, 0.3) is 0 Å². The van der Waals surface area contributed by atoms with Crippen molar-refractivity contribution in [3.05, 3.63) is 0 Å². The van der Waals surface area contributed by atoms with Gasteiger partial charge in [0.25, 0.3) is 0 Å². The molecule has 0 aromatic rings. The van der Waals surface area contributed by atoms with Gasteiger partial charge in [-0.15, -0.1) is 0 Å². The number of amides is 1. The summed E-state index contributed by atoms with van der Waals surface area (Å²) in [5, 5.41) is 5.39. The van der Waals surface area contributed by atoms with Crippen molar-refractivity contribution in [2.24, 2.45) is 0 Å². The van der Waals surface area contributed by atoms with E-state index in [4.69, 9.17) is 0 Å². The third-order valence-corrected chi connectivity index (χ3v) is 1.91. The van der Waals surface area contributed by atoms with E-state index in [2.05, 4.69) is 15.4 Å². The summed E-state index contributed by atoms with van der Waals surface area (Å²) >= 11 is 0. The minimum atomic E-state index is -0.775. The molecule has 0 bridgehead atoms. The Morgan fingerprint density at radius 2 is 2.33 bits per heavy atom. The summed E-state index contributed by atoms with van der Waals surface area (Å²) in [5.41, 5.74) is -0.775. The number of ether oxygens (including phenoxy) is 1. The molecule has 0 aromatic heterocycles. The molecular weight excluding hydrogens is 160 g/mol. The van der Waals surface area contributed by atoms with Crippen LogP contribution in [0.1, 0.15) is 6.92 Å². The van der Waals surface area contributed by atoms with Gasteiger partial charge in [0.05, 0.1) is 13.7 Å². The van der Waals surface area contributed by atoms with E-state index in [1.807, 2.05) is 0 Å². The van der Waals surface area contributed by atoms with Gasteiger partial charge in [-0.05, 0) is 6.92 Å². The molecule has 12 heavy (non-hydrogen) atoms. The lowest BCUT2D eigenvalue weighted by atomic mass is 10.0. The topological polar surface area (TPSA) is 67.4 Å². The molecule has 1 heterocycles. The van der Waals surface area contributed by atoms with Crippen LogP contribution < -0.4 is 10.6 Å². The summed E-state index contributed by atoms with van der Waals surface area (Å²) in [6.07, 6.45) is 0. The molecule has 0 aliphatic carbocycles. The Labute approximate surface area is 70.5 Å². The highest BCUT2D eigenvalue weighted by Crippen LogP contribution is 2.06. The maximum absolute atomic E-state index is 11.2. The highest BCUT2D eigenvalue weighted by Gasteiger charge is 2.37. The summed E-state index contributed by atoms with van der Waals surface area (Å²) in [6.45, 7) is 2.13. The standard InChI is InChI=1S/C7H12N2O3/c1-7(6(11)12-2)4-8-5(10)3-9-7/h9H,3-4H2,1-2H3,(H,8,10). The first-order valence-corrected chi connectivity index (χ1v) is 3.68. The van der Waals surface area contributed by atoms with Crippen LogP contribution in [-0.2, 0) is 14.3 Å². The van der Waals surface area contributed by atoms with Crippen molar-refractivity contribution in [1.82, 2.24) is 10.6 Å². The highest BCUT2D eigenvalue weighted by molar-refractivity contribution is 5.86. The molecule has 1 aliphatic rings. The molecule has 0 spiro atoms. The van der Waals surface area contributed by atoms with Gasteiger partial charge in [-0.25, -0.2) is 4.79 Å². The fourth-order valence-corrected chi connectivity index (χ4v) is 1.05. The molecule has 2 N–H and O–H groups in total. The lowest BCUT2D eigenvalue weighted by Gasteiger charge is -2.31. The molecule has 68 valence electrons. The van der Waals surface area contributed by atoms with Crippen LogP contribution in [0.5, 0.6) is 0 Å². The van der Waals surface area contributed by atoms with Crippen LogP contribution in [0.3, 0.4) is 0 Å². The van der Waals surface area contributed by atoms with Crippen molar-refractivity contribution < 1.29 is 14.3 Å². The maximum Gasteiger partial charge on any atom is 0.327 e. The van der Waals surface area contributed by atoms with Gasteiger partial charge in [0, 0.05) is 6.54 Å². The molecule has 0 saturated carbocycles. The summed E-state index contributed by atoms with van der Waals surface area (Å²) in [5.74, 6) is -0.459. The van der Waals surface area contributed by atoms with Gasteiger partial charge in [0.2, 0.25) is 5.91 Å². The molecule has 1 fully saturated rings. The molecule has 1 saturated heterocycles. The number of rotatable bonds is 1. The van der Waals surface area contributed by atoms with Gasteiger partial charge in [0.1, 0.15) is 5.54 Å². The molecule has 1 amide bonds. The minimum Gasteiger partial charge on any atom is -0.468 e. The summed E-state index contributed by atoms with van der Waals surface area (Å²) in [6, 6.07) is 0. The van der Waals surface area contributed by atoms with Crippen LogP contribution in [0.4, 0.5) is 0 Å². The minimum absolute atomic E-state index is 0.101. The van der Waals surface area contributed by atoms with Crippen molar-refractivity contribution in [3.8, 4) is 0 Å². The molecule has 5 heteroatoms. The Hall–Kier alpha value is -1.10. The monoisotopic (exact) mass is 172 g/mol. The second kappa shape index (κ2) is 3.10. The Kier molecular flexibility index (Phi) is 2.32. The largest absolute Gasteiger partial charge is 0.468 e. The predicted octanol–water partition coefficient (Wildman–Crippen LogP) is -1.36. The van der Waals surface area contributed by atoms with Crippen LogP contribution in [0.15, 0.2) is 0 Å². The molecule has 1 aliphatic heterocycles. The molecular formula is C7H12N2O3. The van der Waals surface area contributed by atoms with Crippen LogP contribution in [0.2, 0.25) is 0 Å². The van der Waals surface area contributed by atoms with Gasteiger partial charge in [-0.2, -0.15) is 0 Å². The zero-order valence-electron chi connectivity index (χ0n) is 7.14. The molecule has 5 nitrogen and oxygen atoms in total. The lowest BCUT2D eigenvalue weighted by molar-refractivity contribution is -0.149. The first-order valence-electron chi connectivity index (χ1n) is 3.68. The normalized spacial score (nSPS) is 29.3. The highest BCUT2D eigenvalue weighted by atomic mass is 16.5. The Morgan fingerprint density at radius 3 is 2.75 bits per heavy atom. The average molecular weight is 172 g/mol. The molecule has 0 radical (unpaired) electrons. The number of hydrogen-bond donors (Lipinski definition) is 2. The van der Waals surface area contributed by atoms with E-state index in [1.165, 1.54) is 7.11 Å². The third kappa shape index (κ3) is 1.55. The van der Waals surface area contributed by atoms with Crippen molar-refractivity contribution in [3.63, 3.8) is 0 Å². The number of methoxy groups -OCH3 is 1. The van der Waals surface area contributed by atoms with E-state index < -0.39 is 5.54 Å². The Balaban J connectivity index is 2.61. The van der Waals surface area contributed by atoms with E-state index in [1.54, 1.807) is 6.92 Å². The van der Waals surface area contributed by atoms with Crippen LogP contribution in [-0.4, -0.2) is 37.6 Å². The third-order valence-electron chi connectivity index (χ3n) is 1.91. The first kappa shape index (κ1) is 8.99. The molecule has 1 rings (SSSR count). The second-order valence-electron chi connectivity index (χ2n) is 2.95. The Morgan fingerprint density at radius 1 is 1.67 bits per heavy atom. The van der Waals surface area contributed by atoms with Gasteiger partial charge < -0.3 is 10.1 Å². The summed E-state index contributed by atoms with van der Waals surface area (Å²) in [7, 11) is 1.33. The van der Waals surface area contributed by atoms with Gasteiger partial charge in [-0.3, -0.25) is 10.1 Å². The number of carbonyl (C=O) groups is 2. The average Bonchev–Trinajstić information content (AvgIpc) is 2.09. The SMILES string of the molecule is COC(=O)C1(C)CNC(=O)CN1. The van der Waals surface area contributed by atoms with Crippen molar-refractivity contribution >= 4 is 11.9 Å². The predicted molar refractivity (Wildman–Crippen MR) is 41.4 cm³/mol.